The SMILES string of the molecule is Cc1noc(C)c1COc1cccc(C(=O)NC(C)CCc2ccccc2)c1. The topological polar surface area (TPSA) is 64.4 Å². The van der Waals surface area contributed by atoms with Gasteiger partial charge in [-0.15, -0.1) is 0 Å². The molecule has 1 N–H and O–H groups in total. The van der Waals surface area contributed by atoms with E-state index >= 15 is 0 Å². The van der Waals surface area contributed by atoms with E-state index in [-0.39, 0.29) is 11.9 Å². The van der Waals surface area contributed by atoms with Crippen molar-refractivity contribution in [3.63, 3.8) is 0 Å². The fraction of sp³-hybridized carbons (Fsp3) is 0.304. The Morgan fingerprint density at radius 1 is 1.14 bits per heavy atom. The minimum atomic E-state index is -0.0941. The average Bonchev–Trinajstić information content (AvgIpc) is 3.03. The first-order valence-electron chi connectivity index (χ1n) is 9.52. The van der Waals surface area contributed by atoms with Crippen LogP contribution in [0.4, 0.5) is 0 Å². The second kappa shape index (κ2) is 9.22. The molecule has 3 rings (SSSR count). The van der Waals surface area contributed by atoms with Gasteiger partial charge in [0.25, 0.3) is 5.91 Å². The zero-order chi connectivity index (χ0) is 19.9. The largest absolute Gasteiger partial charge is 0.489 e. The summed E-state index contributed by atoms with van der Waals surface area (Å²) in [6.07, 6.45) is 1.82. The fourth-order valence-electron chi connectivity index (χ4n) is 3.00. The molecule has 2 aromatic carbocycles. The van der Waals surface area contributed by atoms with Crippen LogP contribution >= 0.6 is 0 Å². The van der Waals surface area contributed by atoms with Crippen molar-refractivity contribution in [1.82, 2.24) is 10.5 Å². The minimum Gasteiger partial charge on any atom is -0.489 e. The molecule has 5 heteroatoms. The number of aryl methyl sites for hydroxylation is 3. The van der Waals surface area contributed by atoms with E-state index in [0.717, 1.165) is 29.9 Å². The Balaban J connectivity index is 1.54. The molecule has 0 saturated heterocycles. The first kappa shape index (κ1) is 19.7. The van der Waals surface area contributed by atoms with Crippen LogP contribution in [-0.4, -0.2) is 17.1 Å². The summed E-state index contributed by atoms with van der Waals surface area (Å²) in [5.41, 5.74) is 3.61. The molecular formula is C23H26N2O3. The maximum atomic E-state index is 12.6. The van der Waals surface area contributed by atoms with E-state index in [9.17, 15) is 4.79 Å². The smallest absolute Gasteiger partial charge is 0.251 e. The number of hydrogen-bond acceptors (Lipinski definition) is 4. The predicted octanol–water partition coefficient (Wildman–Crippen LogP) is 4.62. The summed E-state index contributed by atoms with van der Waals surface area (Å²) >= 11 is 0. The van der Waals surface area contributed by atoms with Gasteiger partial charge in [-0.3, -0.25) is 4.79 Å². The molecule has 0 saturated carbocycles. The van der Waals surface area contributed by atoms with Crippen LogP contribution in [0.3, 0.4) is 0 Å². The van der Waals surface area contributed by atoms with Gasteiger partial charge in [0.1, 0.15) is 18.1 Å². The summed E-state index contributed by atoms with van der Waals surface area (Å²) in [6, 6.07) is 17.6. The van der Waals surface area contributed by atoms with E-state index in [1.807, 2.05) is 51.1 Å². The Hall–Kier alpha value is -3.08. The molecule has 0 aliphatic heterocycles. The highest BCUT2D eigenvalue weighted by Crippen LogP contribution is 2.18. The van der Waals surface area contributed by atoms with E-state index in [1.165, 1.54) is 5.56 Å². The van der Waals surface area contributed by atoms with Crippen LogP contribution in [0.1, 0.15) is 46.3 Å². The van der Waals surface area contributed by atoms with E-state index < -0.39 is 0 Å². The van der Waals surface area contributed by atoms with Crippen molar-refractivity contribution < 1.29 is 14.1 Å². The quantitative estimate of drug-likeness (QED) is 0.621. The molecule has 0 radical (unpaired) electrons. The van der Waals surface area contributed by atoms with Gasteiger partial charge < -0.3 is 14.6 Å². The van der Waals surface area contributed by atoms with Crippen LogP contribution in [0.15, 0.2) is 59.1 Å². The molecule has 5 nitrogen and oxygen atoms in total. The fourth-order valence-corrected chi connectivity index (χ4v) is 3.00. The van der Waals surface area contributed by atoms with E-state index in [2.05, 4.69) is 22.6 Å². The van der Waals surface area contributed by atoms with Crippen molar-refractivity contribution in [3.05, 3.63) is 82.7 Å². The number of benzene rings is 2. The number of hydrogen-bond donors (Lipinski definition) is 1. The Labute approximate surface area is 165 Å². The second-order valence-corrected chi connectivity index (χ2v) is 7.02. The highest BCUT2D eigenvalue weighted by Gasteiger charge is 2.12. The maximum absolute atomic E-state index is 12.6. The zero-order valence-electron chi connectivity index (χ0n) is 16.6. The molecule has 0 aliphatic rings. The molecule has 1 amide bonds. The second-order valence-electron chi connectivity index (χ2n) is 7.02. The van der Waals surface area contributed by atoms with Crippen molar-refractivity contribution in [3.8, 4) is 5.75 Å². The third-order valence-electron chi connectivity index (χ3n) is 4.75. The summed E-state index contributed by atoms with van der Waals surface area (Å²) in [7, 11) is 0. The first-order valence-corrected chi connectivity index (χ1v) is 9.52. The number of nitrogens with one attached hydrogen (secondary N) is 1. The van der Waals surface area contributed by atoms with Gasteiger partial charge in [0.05, 0.1) is 11.3 Å². The number of aromatic nitrogens is 1. The lowest BCUT2D eigenvalue weighted by atomic mass is 10.1. The van der Waals surface area contributed by atoms with Gasteiger partial charge in [-0.25, -0.2) is 0 Å². The summed E-state index contributed by atoms with van der Waals surface area (Å²) in [5, 5.41) is 6.99. The lowest BCUT2D eigenvalue weighted by molar-refractivity contribution is 0.0938. The van der Waals surface area contributed by atoms with Gasteiger partial charge in [-0.05, 0) is 57.4 Å². The predicted molar refractivity (Wildman–Crippen MR) is 108 cm³/mol. The van der Waals surface area contributed by atoms with Crippen molar-refractivity contribution in [2.45, 2.75) is 46.3 Å². The number of rotatable bonds is 8. The summed E-state index contributed by atoms with van der Waals surface area (Å²) < 4.78 is 11.0. The van der Waals surface area contributed by atoms with Crippen LogP contribution in [0, 0.1) is 13.8 Å². The summed E-state index contributed by atoms with van der Waals surface area (Å²) in [6.45, 7) is 6.13. The third-order valence-corrected chi connectivity index (χ3v) is 4.75. The van der Waals surface area contributed by atoms with Gasteiger partial charge in [0.15, 0.2) is 0 Å². The van der Waals surface area contributed by atoms with Crippen LogP contribution in [-0.2, 0) is 13.0 Å². The Morgan fingerprint density at radius 2 is 1.93 bits per heavy atom. The molecule has 3 aromatic rings. The molecule has 1 aromatic heterocycles. The molecule has 28 heavy (non-hydrogen) atoms. The van der Waals surface area contributed by atoms with Crippen LogP contribution < -0.4 is 10.1 Å². The van der Waals surface area contributed by atoms with Crippen LogP contribution in [0.5, 0.6) is 5.75 Å². The van der Waals surface area contributed by atoms with Crippen LogP contribution in [0.2, 0.25) is 0 Å². The molecule has 0 fully saturated rings. The first-order chi connectivity index (χ1) is 13.5. The number of ether oxygens (including phenoxy) is 1. The van der Waals surface area contributed by atoms with Crippen molar-refractivity contribution in [1.29, 1.82) is 0 Å². The molecule has 1 atom stereocenters. The number of carbonyl (C=O) groups is 1. The Kier molecular flexibility index (Phi) is 6.48. The average molecular weight is 378 g/mol. The van der Waals surface area contributed by atoms with Gasteiger partial charge in [-0.1, -0.05) is 41.6 Å². The molecular weight excluding hydrogens is 352 g/mol. The molecule has 0 aliphatic carbocycles. The van der Waals surface area contributed by atoms with E-state index in [0.29, 0.717) is 17.9 Å². The third kappa shape index (κ3) is 5.22. The number of nitrogens with zero attached hydrogens (tertiary/aromatic N) is 1. The molecule has 146 valence electrons. The van der Waals surface area contributed by atoms with Crippen molar-refractivity contribution in [2.24, 2.45) is 0 Å². The van der Waals surface area contributed by atoms with Crippen molar-refractivity contribution >= 4 is 5.91 Å². The molecule has 0 bridgehead atoms. The van der Waals surface area contributed by atoms with Gasteiger partial charge >= 0.3 is 0 Å². The number of carbonyl (C=O) groups excluding carboxylic acids is 1. The van der Waals surface area contributed by atoms with E-state index in [1.54, 1.807) is 12.1 Å². The summed E-state index contributed by atoms with van der Waals surface area (Å²) in [5.74, 6) is 1.30. The molecule has 0 spiro atoms. The molecule has 1 unspecified atom stereocenters. The molecule has 1 heterocycles. The lowest BCUT2D eigenvalue weighted by Gasteiger charge is -2.14. The van der Waals surface area contributed by atoms with Gasteiger partial charge in [-0.2, -0.15) is 0 Å². The monoisotopic (exact) mass is 378 g/mol. The standard InChI is InChI=1S/C23H26N2O3/c1-16(12-13-19-8-5-4-6-9-19)24-23(26)20-10-7-11-21(14-20)27-15-22-17(2)25-28-18(22)3/h4-11,14,16H,12-13,15H2,1-3H3,(H,24,26). The van der Waals surface area contributed by atoms with Crippen LogP contribution in [0.25, 0.3) is 0 Å². The lowest BCUT2D eigenvalue weighted by Crippen LogP contribution is -2.32. The Bertz CT molecular complexity index is 899. The highest BCUT2D eigenvalue weighted by molar-refractivity contribution is 5.94. The number of amides is 1. The zero-order valence-corrected chi connectivity index (χ0v) is 16.6. The van der Waals surface area contributed by atoms with Crippen molar-refractivity contribution in [2.75, 3.05) is 0 Å². The maximum Gasteiger partial charge on any atom is 0.251 e. The summed E-state index contributed by atoms with van der Waals surface area (Å²) in [4.78, 5) is 12.6. The van der Waals surface area contributed by atoms with Gasteiger partial charge in [0.2, 0.25) is 0 Å². The normalized spacial score (nSPS) is 11.8. The highest BCUT2D eigenvalue weighted by atomic mass is 16.5. The van der Waals surface area contributed by atoms with E-state index in [4.69, 9.17) is 9.26 Å². The van der Waals surface area contributed by atoms with Gasteiger partial charge in [0, 0.05) is 11.6 Å². The Morgan fingerprint density at radius 3 is 2.64 bits per heavy atom. The minimum absolute atomic E-state index is 0.0829.